The Balaban J connectivity index is 2.14. The van der Waals surface area contributed by atoms with Gasteiger partial charge in [-0.1, -0.05) is 23.9 Å². The lowest BCUT2D eigenvalue weighted by Gasteiger charge is -2.14. The van der Waals surface area contributed by atoms with Gasteiger partial charge in [-0.2, -0.15) is 22.0 Å². The summed E-state index contributed by atoms with van der Waals surface area (Å²) in [6, 6.07) is 2.83. The Morgan fingerprint density at radius 1 is 1.05 bits per heavy atom. The van der Waals surface area contributed by atoms with Crippen molar-refractivity contribution in [1.82, 2.24) is 0 Å². The van der Waals surface area contributed by atoms with Crippen molar-refractivity contribution >= 4 is 17.5 Å². The molecule has 0 saturated heterocycles. The second-order valence-corrected chi connectivity index (χ2v) is 5.65. The van der Waals surface area contributed by atoms with E-state index in [0.29, 0.717) is 25.0 Å². The third-order valence-corrected chi connectivity index (χ3v) is 3.86. The molecule has 1 aromatic rings. The maximum Gasteiger partial charge on any atom is 0.416 e. The SMILES string of the molecule is O=C(c1ccc(C(F)(F)F)cc1)C(F)(F)SC1CC1. The maximum atomic E-state index is 13.5. The first-order chi connectivity index (χ1) is 8.70. The number of alkyl halides is 5. The summed E-state index contributed by atoms with van der Waals surface area (Å²) in [5.41, 5.74) is -1.38. The van der Waals surface area contributed by atoms with Gasteiger partial charge in [-0.25, -0.2) is 0 Å². The predicted molar refractivity (Wildman–Crippen MR) is 61.3 cm³/mol. The van der Waals surface area contributed by atoms with Crippen LogP contribution in [-0.4, -0.2) is 16.3 Å². The highest BCUT2D eigenvalue weighted by Gasteiger charge is 2.45. The summed E-state index contributed by atoms with van der Waals surface area (Å²) in [6.45, 7) is 0. The van der Waals surface area contributed by atoms with E-state index in [9.17, 15) is 26.7 Å². The van der Waals surface area contributed by atoms with Crippen molar-refractivity contribution < 1.29 is 26.7 Å². The number of Topliss-reactive ketones (excluding diaryl/α,β-unsaturated/α-hetero) is 1. The van der Waals surface area contributed by atoms with E-state index in [1.807, 2.05) is 0 Å². The molecule has 1 aliphatic carbocycles. The molecule has 7 heteroatoms. The normalized spacial score (nSPS) is 16.5. The molecule has 1 fully saturated rings. The molecule has 1 saturated carbocycles. The number of carbonyl (C=O) groups excluding carboxylic acids is 1. The highest BCUT2D eigenvalue weighted by molar-refractivity contribution is 8.01. The second-order valence-electron chi connectivity index (χ2n) is 4.24. The van der Waals surface area contributed by atoms with Crippen LogP contribution in [0.1, 0.15) is 28.8 Å². The standard InChI is InChI=1S/C12H9F5OS/c13-11(14,15)8-3-1-7(2-4-8)10(18)12(16,17)19-9-5-6-9/h1-4,9H,5-6H2. The second kappa shape index (κ2) is 4.77. The molecule has 0 bridgehead atoms. The fourth-order valence-electron chi connectivity index (χ4n) is 1.43. The molecule has 0 unspecified atom stereocenters. The number of hydrogen-bond donors (Lipinski definition) is 0. The number of benzene rings is 1. The minimum atomic E-state index is -4.55. The molecule has 0 atom stereocenters. The zero-order chi connectivity index (χ0) is 14.3. The van der Waals surface area contributed by atoms with Gasteiger partial charge in [0.2, 0.25) is 5.78 Å². The van der Waals surface area contributed by atoms with E-state index in [4.69, 9.17) is 0 Å². The zero-order valence-electron chi connectivity index (χ0n) is 9.51. The molecule has 0 aliphatic heterocycles. The third kappa shape index (κ3) is 3.46. The monoisotopic (exact) mass is 296 g/mol. The summed E-state index contributed by atoms with van der Waals surface area (Å²) in [6.07, 6.45) is -3.27. The Morgan fingerprint density at radius 3 is 2.00 bits per heavy atom. The number of halogens is 5. The van der Waals surface area contributed by atoms with Crippen LogP contribution in [-0.2, 0) is 6.18 Å². The summed E-state index contributed by atoms with van der Waals surface area (Å²) in [5.74, 6) is -1.45. The van der Waals surface area contributed by atoms with Crippen molar-refractivity contribution in [2.45, 2.75) is 29.5 Å². The van der Waals surface area contributed by atoms with E-state index in [1.54, 1.807) is 0 Å². The maximum absolute atomic E-state index is 13.5. The molecule has 1 aromatic carbocycles. The summed E-state index contributed by atoms with van der Waals surface area (Å²) >= 11 is 0.275. The van der Waals surface area contributed by atoms with E-state index in [2.05, 4.69) is 0 Å². The highest BCUT2D eigenvalue weighted by atomic mass is 32.2. The molecule has 1 aliphatic rings. The Labute approximate surface area is 110 Å². The van der Waals surface area contributed by atoms with Crippen LogP contribution >= 0.6 is 11.8 Å². The number of hydrogen-bond acceptors (Lipinski definition) is 2. The number of ketones is 1. The summed E-state index contributed by atoms with van der Waals surface area (Å²) < 4.78 is 63.9. The smallest absolute Gasteiger partial charge is 0.286 e. The first kappa shape index (κ1) is 14.3. The lowest BCUT2D eigenvalue weighted by molar-refractivity contribution is -0.137. The lowest BCUT2D eigenvalue weighted by atomic mass is 10.1. The van der Waals surface area contributed by atoms with Crippen molar-refractivity contribution in [3.63, 3.8) is 0 Å². The Bertz CT molecular complexity index is 476. The largest absolute Gasteiger partial charge is 0.416 e. The van der Waals surface area contributed by atoms with Crippen molar-refractivity contribution in [3.05, 3.63) is 35.4 Å². The van der Waals surface area contributed by atoms with Gasteiger partial charge in [0.25, 0.3) is 0 Å². The topological polar surface area (TPSA) is 17.1 Å². The number of thioether (sulfide) groups is 1. The fraction of sp³-hybridized carbons (Fsp3) is 0.417. The van der Waals surface area contributed by atoms with Gasteiger partial charge in [0.15, 0.2) is 0 Å². The summed E-state index contributed by atoms with van der Waals surface area (Å²) in [4.78, 5) is 11.5. The molecule has 19 heavy (non-hydrogen) atoms. The lowest BCUT2D eigenvalue weighted by Crippen LogP contribution is -2.25. The van der Waals surface area contributed by atoms with E-state index < -0.39 is 28.3 Å². The molecule has 0 heterocycles. The quantitative estimate of drug-likeness (QED) is 0.606. The fourth-order valence-corrected chi connectivity index (χ4v) is 2.44. The first-order valence-electron chi connectivity index (χ1n) is 5.48. The van der Waals surface area contributed by atoms with Crippen molar-refractivity contribution in [2.75, 3.05) is 0 Å². The zero-order valence-corrected chi connectivity index (χ0v) is 10.3. The third-order valence-electron chi connectivity index (χ3n) is 2.58. The van der Waals surface area contributed by atoms with E-state index >= 15 is 0 Å². The van der Waals surface area contributed by atoms with E-state index in [-0.39, 0.29) is 17.0 Å². The molecule has 0 amide bonds. The van der Waals surface area contributed by atoms with Crippen molar-refractivity contribution in [3.8, 4) is 0 Å². The van der Waals surface area contributed by atoms with Gasteiger partial charge in [0, 0.05) is 10.8 Å². The molecular weight excluding hydrogens is 287 g/mol. The van der Waals surface area contributed by atoms with Gasteiger partial charge >= 0.3 is 11.4 Å². The Kier molecular flexibility index (Phi) is 3.59. The minimum Gasteiger partial charge on any atom is -0.286 e. The first-order valence-corrected chi connectivity index (χ1v) is 6.36. The van der Waals surface area contributed by atoms with Gasteiger partial charge in [0.1, 0.15) is 0 Å². The van der Waals surface area contributed by atoms with Gasteiger partial charge in [0.05, 0.1) is 5.56 Å². The van der Waals surface area contributed by atoms with Gasteiger partial charge in [-0.05, 0) is 25.0 Å². The van der Waals surface area contributed by atoms with Crippen LogP contribution in [0.3, 0.4) is 0 Å². The Morgan fingerprint density at radius 2 is 1.58 bits per heavy atom. The Hall–Kier alpha value is -1.11. The molecule has 0 radical (unpaired) electrons. The molecule has 0 N–H and O–H groups in total. The molecular formula is C12H9F5OS. The van der Waals surface area contributed by atoms with Crippen molar-refractivity contribution in [1.29, 1.82) is 0 Å². The van der Waals surface area contributed by atoms with Gasteiger partial charge in [-0.3, -0.25) is 4.79 Å². The van der Waals surface area contributed by atoms with Crippen LogP contribution < -0.4 is 0 Å². The molecule has 2 rings (SSSR count). The van der Waals surface area contributed by atoms with Crippen LogP contribution in [0.25, 0.3) is 0 Å². The molecule has 0 spiro atoms. The average Bonchev–Trinajstić information content (AvgIpc) is 3.10. The van der Waals surface area contributed by atoms with Crippen LogP contribution in [0.5, 0.6) is 0 Å². The average molecular weight is 296 g/mol. The highest BCUT2D eigenvalue weighted by Crippen LogP contribution is 2.45. The van der Waals surface area contributed by atoms with Gasteiger partial charge < -0.3 is 0 Å². The summed E-state index contributed by atoms with van der Waals surface area (Å²) in [7, 11) is 0. The van der Waals surface area contributed by atoms with Crippen molar-refractivity contribution in [2.24, 2.45) is 0 Å². The van der Waals surface area contributed by atoms with E-state index in [1.165, 1.54) is 0 Å². The molecule has 104 valence electrons. The number of carbonyl (C=O) groups is 1. The van der Waals surface area contributed by atoms with E-state index in [0.717, 1.165) is 12.1 Å². The number of rotatable bonds is 4. The van der Waals surface area contributed by atoms with Crippen LogP contribution in [0.2, 0.25) is 0 Å². The molecule has 1 nitrogen and oxygen atoms in total. The molecule has 0 aromatic heterocycles. The minimum absolute atomic E-state index is 0.228. The van der Waals surface area contributed by atoms with Gasteiger partial charge in [-0.15, -0.1) is 0 Å². The predicted octanol–water partition coefficient (Wildman–Crippen LogP) is 4.38. The summed E-state index contributed by atoms with van der Waals surface area (Å²) in [5, 5.41) is -3.81. The van der Waals surface area contributed by atoms with Crippen LogP contribution in [0.15, 0.2) is 24.3 Å². The van der Waals surface area contributed by atoms with Crippen LogP contribution in [0, 0.1) is 0 Å². The van der Waals surface area contributed by atoms with Crippen LogP contribution in [0.4, 0.5) is 22.0 Å².